The highest BCUT2D eigenvalue weighted by Gasteiger charge is 2.40. The molecule has 1 aromatic carbocycles. The second-order valence-electron chi connectivity index (χ2n) is 7.95. The third kappa shape index (κ3) is 6.22. The van der Waals surface area contributed by atoms with Crippen molar-refractivity contribution >= 4 is 23.7 Å². The maximum atomic E-state index is 13.3. The van der Waals surface area contributed by atoms with Crippen molar-refractivity contribution < 1.29 is 29.1 Å². The number of nitro groups is 1. The fourth-order valence-corrected chi connectivity index (χ4v) is 3.91. The molecule has 1 atom stereocenters. The number of esters is 2. The number of pyridine rings is 1. The Balaban J connectivity index is 1.97. The molecule has 3 rings (SSSR count). The molecule has 1 aromatic heterocycles. The van der Waals surface area contributed by atoms with Gasteiger partial charge in [0.1, 0.15) is 6.61 Å². The number of benzene rings is 1. The maximum Gasteiger partial charge on any atom is 0.337 e. The molecular formula is C26H27N3O7. The van der Waals surface area contributed by atoms with E-state index in [2.05, 4.69) is 10.3 Å². The number of hydrogen-bond donors (Lipinski definition) is 2. The van der Waals surface area contributed by atoms with Gasteiger partial charge in [-0.05, 0) is 37.6 Å². The van der Waals surface area contributed by atoms with Gasteiger partial charge in [0, 0.05) is 48.4 Å². The number of aromatic nitrogens is 1. The normalized spacial score (nSPS) is 15.6. The van der Waals surface area contributed by atoms with E-state index in [1.807, 2.05) is 0 Å². The summed E-state index contributed by atoms with van der Waals surface area (Å²) < 4.78 is 10.8. The molecular weight excluding hydrogens is 466 g/mol. The molecule has 0 radical (unpaired) electrons. The summed E-state index contributed by atoms with van der Waals surface area (Å²) in [5.41, 5.74) is 1.74. The molecule has 188 valence electrons. The van der Waals surface area contributed by atoms with Crippen LogP contribution in [0.3, 0.4) is 0 Å². The summed E-state index contributed by atoms with van der Waals surface area (Å²) in [6.45, 7) is 3.01. The summed E-state index contributed by atoms with van der Waals surface area (Å²) in [6.07, 6.45) is 6.93. The molecule has 0 amide bonds. The third-order valence-electron chi connectivity index (χ3n) is 5.51. The summed E-state index contributed by atoms with van der Waals surface area (Å²) in [6, 6.07) is 9.52. The molecule has 36 heavy (non-hydrogen) atoms. The summed E-state index contributed by atoms with van der Waals surface area (Å²) >= 11 is 0. The van der Waals surface area contributed by atoms with Crippen LogP contribution in [0.4, 0.5) is 5.69 Å². The summed E-state index contributed by atoms with van der Waals surface area (Å²) in [7, 11) is 0. The topological polar surface area (TPSA) is 141 Å². The van der Waals surface area contributed by atoms with Gasteiger partial charge in [-0.15, -0.1) is 0 Å². The number of carbonyl (C=O) groups is 2. The Morgan fingerprint density at radius 1 is 1.08 bits per heavy atom. The minimum absolute atomic E-state index is 0.0437. The molecule has 10 heteroatoms. The zero-order valence-electron chi connectivity index (χ0n) is 20.0. The fourth-order valence-electron chi connectivity index (χ4n) is 3.91. The lowest BCUT2D eigenvalue weighted by molar-refractivity contribution is -0.385. The zero-order valence-corrected chi connectivity index (χ0v) is 20.0. The van der Waals surface area contributed by atoms with Gasteiger partial charge in [0.25, 0.3) is 5.69 Å². The highest BCUT2D eigenvalue weighted by molar-refractivity contribution is 6.00. The van der Waals surface area contributed by atoms with Crippen molar-refractivity contribution in [2.75, 3.05) is 19.8 Å². The van der Waals surface area contributed by atoms with Crippen LogP contribution in [0.2, 0.25) is 0 Å². The first-order valence-electron chi connectivity index (χ1n) is 11.3. The Bertz CT molecular complexity index is 1220. The number of nitrogens with zero attached hydrogens (tertiary/aromatic N) is 2. The first kappa shape index (κ1) is 26.3. The van der Waals surface area contributed by atoms with Crippen LogP contribution in [-0.4, -0.2) is 46.8 Å². The van der Waals surface area contributed by atoms with Crippen LogP contribution < -0.4 is 5.32 Å². The van der Waals surface area contributed by atoms with Gasteiger partial charge >= 0.3 is 11.9 Å². The SMILES string of the molecule is CC1=C(C(=O)OC/C=C/c2ccncc2)C(c2ccccc2[N+](=O)[O-])C(C(=O)OCCCO)=C(C)N1. The van der Waals surface area contributed by atoms with Crippen molar-refractivity contribution in [3.8, 4) is 0 Å². The van der Waals surface area contributed by atoms with Crippen molar-refractivity contribution in [3.63, 3.8) is 0 Å². The van der Waals surface area contributed by atoms with E-state index in [9.17, 15) is 19.7 Å². The van der Waals surface area contributed by atoms with Gasteiger partial charge in [0.2, 0.25) is 0 Å². The molecule has 0 aliphatic carbocycles. The van der Waals surface area contributed by atoms with Crippen molar-refractivity contribution in [1.29, 1.82) is 0 Å². The molecule has 2 heterocycles. The lowest BCUT2D eigenvalue weighted by Gasteiger charge is -2.30. The predicted molar refractivity (Wildman–Crippen MR) is 131 cm³/mol. The van der Waals surface area contributed by atoms with E-state index in [1.165, 1.54) is 18.2 Å². The molecule has 2 N–H and O–H groups in total. The van der Waals surface area contributed by atoms with E-state index in [-0.39, 0.29) is 48.6 Å². The molecule has 10 nitrogen and oxygen atoms in total. The Morgan fingerprint density at radius 2 is 1.72 bits per heavy atom. The average molecular weight is 494 g/mol. The Kier molecular flexibility index (Phi) is 9.07. The first-order chi connectivity index (χ1) is 17.3. The van der Waals surface area contributed by atoms with Crippen molar-refractivity contribution in [2.45, 2.75) is 26.2 Å². The number of para-hydroxylation sites is 1. The minimum Gasteiger partial charge on any atom is -0.462 e. The molecule has 0 bridgehead atoms. The number of nitrogens with one attached hydrogen (secondary N) is 1. The maximum absolute atomic E-state index is 13.3. The van der Waals surface area contributed by atoms with Crippen LogP contribution in [0, 0.1) is 10.1 Å². The van der Waals surface area contributed by atoms with Crippen LogP contribution in [0.15, 0.2) is 77.4 Å². The summed E-state index contributed by atoms with van der Waals surface area (Å²) in [5, 5.41) is 23.9. The quantitative estimate of drug-likeness (QED) is 0.220. The number of nitro benzene ring substituents is 1. The Hall–Kier alpha value is -4.31. The van der Waals surface area contributed by atoms with E-state index in [0.29, 0.717) is 11.4 Å². The van der Waals surface area contributed by atoms with Crippen LogP contribution >= 0.6 is 0 Å². The Morgan fingerprint density at radius 3 is 2.36 bits per heavy atom. The highest BCUT2D eigenvalue weighted by atomic mass is 16.6. The van der Waals surface area contributed by atoms with Gasteiger partial charge in [-0.3, -0.25) is 15.1 Å². The number of ether oxygens (including phenoxy) is 2. The molecule has 0 saturated carbocycles. The van der Waals surface area contributed by atoms with Crippen LogP contribution in [0.1, 0.15) is 37.3 Å². The van der Waals surface area contributed by atoms with E-state index in [0.717, 1.165) is 5.56 Å². The minimum atomic E-state index is -1.09. The first-order valence-corrected chi connectivity index (χ1v) is 11.3. The molecule has 0 saturated heterocycles. The van der Waals surface area contributed by atoms with Crippen LogP contribution in [0.25, 0.3) is 6.08 Å². The van der Waals surface area contributed by atoms with Gasteiger partial charge in [-0.2, -0.15) is 0 Å². The van der Waals surface area contributed by atoms with Crippen molar-refractivity contribution in [1.82, 2.24) is 10.3 Å². The lowest BCUT2D eigenvalue weighted by Crippen LogP contribution is -2.33. The predicted octanol–water partition coefficient (Wildman–Crippen LogP) is 3.41. The molecule has 1 aliphatic rings. The van der Waals surface area contributed by atoms with Gasteiger partial charge in [0.05, 0.1) is 28.6 Å². The molecule has 1 aliphatic heterocycles. The molecule has 2 aromatic rings. The number of hydrogen-bond acceptors (Lipinski definition) is 9. The highest BCUT2D eigenvalue weighted by Crippen LogP contribution is 2.42. The standard InChI is InChI=1S/C26H27N3O7/c1-17-22(25(31)35-15-5-7-19-10-12-27-13-11-19)24(20-8-3-4-9-21(20)29(33)34)23(18(2)28-17)26(32)36-16-6-14-30/h3-5,7-13,24,28,30H,6,14-16H2,1-2H3/b7-5+. The van der Waals surface area contributed by atoms with Crippen LogP contribution in [0.5, 0.6) is 0 Å². The van der Waals surface area contributed by atoms with Gasteiger partial charge in [0.15, 0.2) is 0 Å². The van der Waals surface area contributed by atoms with E-state index in [4.69, 9.17) is 14.6 Å². The smallest absolute Gasteiger partial charge is 0.337 e. The second kappa shape index (κ2) is 12.4. The molecule has 1 unspecified atom stereocenters. The average Bonchev–Trinajstić information content (AvgIpc) is 2.86. The number of dihydropyridines is 1. The fraction of sp³-hybridized carbons (Fsp3) is 0.269. The van der Waals surface area contributed by atoms with E-state index >= 15 is 0 Å². The summed E-state index contributed by atoms with van der Waals surface area (Å²) in [5.74, 6) is -2.56. The zero-order chi connectivity index (χ0) is 26.1. The van der Waals surface area contributed by atoms with Crippen molar-refractivity contribution in [2.24, 2.45) is 0 Å². The van der Waals surface area contributed by atoms with Crippen LogP contribution in [-0.2, 0) is 19.1 Å². The van der Waals surface area contributed by atoms with Gasteiger partial charge in [-0.1, -0.05) is 24.3 Å². The molecule has 0 spiro atoms. The van der Waals surface area contributed by atoms with Gasteiger partial charge < -0.3 is 19.9 Å². The Labute approximate surface area is 208 Å². The van der Waals surface area contributed by atoms with E-state index < -0.39 is 22.8 Å². The molecule has 0 fully saturated rings. The number of allylic oxidation sites excluding steroid dienone is 2. The van der Waals surface area contributed by atoms with Gasteiger partial charge in [-0.25, -0.2) is 9.59 Å². The summed E-state index contributed by atoms with van der Waals surface area (Å²) in [4.78, 5) is 41.6. The van der Waals surface area contributed by atoms with E-state index in [1.54, 1.807) is 56.6 Å². The number of aliphatic hydroxyl groups is 1. The number of aliphatic hydroxyl groups excluding tert-OH is 1. The monoisotopic (exact) mass is 493 g/mol. The third-order valence-corrected chi connectivity index (χ3v) is 5.51. The van der Waals surface area contributed by atoms with Crippen molar-refractivity contribution in [3.05, 3.63) is 98.6 Å². The number of rotatable bonds is 10. The second-order valence-corrected chi connectivity index (χ2v) is 7.95. The number of carbonyl (C=O) groups excluding carboxylic acids is 2. The largest absolute Gasteiger partial charge is 0.462 e. The lowest BCUT2D eigenvalue weighted by atomic mass is 9.79.